The molecule has 0 amide bonds. The number of likely N-dealkylation sites (N-methyl/N-ethyl adjacent to an activating group) is 1. The maximum absolute atomic E-state index is 6.07. The average molecular weight is 309 g/mol. The third-order valence-corrected chi connectivity index (χ3v) is 5.71. The molecule has 2 aliphatic rings. The monoisotopic (exact) mass is 309 g/mol. The van der Waals surface area contributed by atoms with Gasteiger partial charge in [0.05, 0.1) is 0 Å². The Balaban J connectivity index is 1.66. The standard InChI is InChI=1S/C20H27N3/c1-23-10-8-15(9-11-23)19-13-22-20-7-4-16(12-18(19)20)14-2-5-17(21)6-3-14/h4,7-8,12-14,17,22H,2-3,5-6,9-11,21H2,1H3. The van der Waals surface area contributed by atoms with Gasteiger partial charge in [0.1, 0.15) is 0 Å². The molecule has 0 spiro atoms. The third-order valence-electron chi connectivity index (χ3n) is 5.71. The summed E-state index contributed by atoms with van der Waals surface area (Å²) in [6, 6.07) is 7.43. The quantitative estimate of drug-likeness (QED) is 0.884. The molecule has 2 heterocycles. The molecule has 0 saturated heterocycles. The van der Waals surface area contributed by atoms with Crippen LogP contribution in [-0.2, 0) is 0 Å². The van der Waals surface area contributed by atoms with Crippen LogP contribution < -0.4 is 5.73 Å². The second kappa shape index (κ2) is 6.14. The lowest BCUT2D eigenvalue weighted by atomic mass is 9.81. The summed E-state index contributed by atoms with van der Waals surface area (Å²) in [7, 11) is 2.19. The highest BCUT2D eigenvalue weighted by molar-refractivity contribution is 5.93. The zero-order valence-electron chi connectivity index (χ0n) is 14.0. The van der Waals surface area contributed by atoms with E-state index >= 15 is 0 Å². The number of hydrogen-bond acceptors (Lipinski definition) is 2. The summed E-state index contributed by atoms with van der Waals surface area (Å²) in [5.74, 6) is 0.688. The van der Waals surface area contributed by atoms with Crippen LogP contribution in [0.25, 0.3) is 16.5 Å². The van der Waals surface area contributed by atoms with Crippen LogP contribution >= 0.6 is 0 Å². The van der Waals surface area contributed by atoms with E-state index in [4.69, 9.17) is 5.73 Å². The minimum Gasteiger partial charge on any atom is -0.361 e. The zero-order chi connectivity index (χ0) is 15.8. The van der Waals surface area contributed by atoms with Crippen LogP contribution in [-0.4, -0.2) is 36.1 Å². The fourth-order valence-corrected chi connectivity index (χ4v) is 4.13. The summed E-state index contributed by atoms with van der Waals surface area (Å²) in [6.45, 7) is 2.21. The second-order valence-corrected chi connectivity index (χ2v) is 7.36. The molecule has 0 unspecified atom stereocenters. The largest absolute Gasteiger partial charge is 0.361 e. The van der Waals surface area contributed by atoms with Gasteiger partial charge in [0.25, 0.3) is 0 Å². The summed E-state index contributed by atoms with van der Waals surface area (Å²) >= 11 is 0. The van der Waals surface area contributed by atoms with Crippen LogP contribution in [0.2, 0.25) is 0 Å². The van der Waals surface area contributed by atoms with Crippen LogP contribution in [0.1, 0.15) is 49.1 Å². The van der Waals surface area contributed by atoms with Gasteiger partial charge in [-0.2, -0.15) is 0 Å². The second-order valence-electron chi connectivity index (χ2n) is 7.36. The number of fused-ring (bicyclic) bond motifs is 1. The Morgan fingerprint density at radius 3 is 2.74 bits per heavy atom. The molecule has 1 aliphatic carbocycles. The molecule has 1 fully saturated rings. The third kappa shape index (κ3) is 2.96. The number of benzene rings is 1. The van der Waals surface area contributed by atoms with Crippen LogP contribution in [0.4, 0.5) is 0 Å². The van der Waals surface area contributed by atoms with Gasteiger partial charge in [-0.3, -0.25) is 0 Å². The molecule has 3 N–H and O–H groups in total. The number of aromatic amines is 1. The van der Waals surface area contributed by atoms with Gasteiger partial charge >= 0.3 is 0 Å². The first-order valence-corrected chi connectivity index (χ1v) is 8.95. The smallest absolute Gasteiger partial charge is 0.0460 e. The summed E-state index contributed by atoms with van der Waals surface area (Å²) in [5.41, 5.74) is 11.7. The fourth-order valence-electron chi connectivity index (χ4n) is 4.13. The average Bonchev–Trinajstić information content (AvgIpc) is 2.99. The number of rotatable bonds is 2. The van der Waals surface area contributed by atoms with Crippen molar-refractivity contribution in [3.63, 3.8) is 0 Å². The summed E-state index contributed by atoms with van der Waals surface area (Å²) in [5, 5.41) is 1.40. The first kappa shape index (κ1) is 15.0. The van der Waals surface area contributed by atoms with Crippen LogP contribution in [0, 0.1) is 0 Å². The van der Waals surface area contributed by atoms with E-state index in [1.165, 1.54) is 53.3 Å². The van der Waals surface area contributed by atoms with Crippen molar-refractivity contribution < 1.29 is 0 Å². The Labute approximate surface area is 138 Å². The number of nitrogens with one attached hydrogen (secondary N) is 1. The maximum atomic E-state index is 6.07. The Morgan fingerprint density at radius 1 is 1.17 bits per heavy atom. The number of aromatic nitrogens is 1. The van der Waals surface area contributed by atoms with Crippen molar-refractivity contribution in [2.45, 2.75) is 44.1 Å². The van der Waals surface area contributed by atoms with Gasteiger partial charge in [-0.15, -0.1) is 0 Å². The van der Waals surface area contributed by atoms with E-state index in [9.17, 15) is 0 Å². The van der Waals surface area contributed by atoms with Gasteiger partial charge in [0.15, 0.2) is 0 Å². The highest BCUT2D eigenvalue weighted by Gasteiger charge is 2.21. The van der Waals surface area contributed by atoms with Crippen molar-refractivity contribution >= 4 is 16.5 Å². The van der Waals surface area contributed by atoms with Gasteiger partial charge < -0.3 is 15.6 Å². The van der Waals surface area contributed by atoms with E-state index < -0.39 is 0 Å². The summed E-state index contributed by atoms with van der Waals surface area (Å²) < 4.78 is 0. The van der Waals surface area contributed by atoms with Crippen LogP contribution in [0.5, 0.6) is 0 Å². The normalized spacial score (nSPS) is 26.4. The highest BCUT2D eigenvalue weighted by atomic mass is 15.1. The predicted molar refractivity (Wildman–Crippen MR) is 97.6 cm³/mol. The number of nitrogens with zero attached hydrogens (tertiary/aromatic N) is 1. The van der Waals surface area contributed by atoms with Gasteiger partial charge in [-0.05, 0) is 68.3 Å². The molecule has 23 heavy (non-hydrogen) atoms. The Kier molecular flexibility index (Phi) is 4.00. The Morgan fingerprint density at radius 2 is 2.00 bits per heavy atom. The Hall–Kier alpha value is -1.58. The first-order valence-electron chi connectivity index (χ1n) is 8.95. The molecule has 1 aromatic heterocycles. The molecule has 0 radical (unpaired) electrons. The minimum atomic E-state index is 0.419. The lowest BCUT2D eigenvalue weighted by Gasteiger charge is -2.26. The van der Waals surface area contributed by atoms with E-state index in [2.05, 4.69) is 47.4 Å². The summed E-state index contributed by atoms with van der Waals surface area (Å²) in [6.07, 6.45) is 10.5. The molecule has 2 aromatic rings. The van der Waals surface area contributed by atoms with E-state index in [1.54, 1.807) is 0 Å². The van der Waals surface area contributed by atoms with Gasteiger partial charge in [-0.1, -0.05) is 12.1 Å². The lowest BCUT2D eigenvalue weighted by Crippen LogP contribution is -2.25. The van der Waals surface area contributed by atoms with Crippen molar-refractivity contribution in [3.8, 4) is 0 Å². The first-order chi connectivity index (χ1) is 11.2. The molecule has 1 saturated carbocycles. The molecule has 3 nitrogen and oxygen atoms in total. The zero-order valence-corrected chi connectivity index (χ0v) is 14.0. The highest BCUT2D eigenvalue weighted by Crippen LogP contribution is 2.36. The van der Waals surface area contributed by atoms with E-state index in [1.807, 2.05) is 0 Å². The molecule has 122 valence electrons. The van der Waals surface area contributed by atoms with Crippen molar-refractivity contribution in [2.75, 3.05) is 20.1 Å². The molecule has 4 rings (SSSR count). The summed E-state index contributed by atoms with van der Waals surface area (Å²) in [4.78, 5) is 5.83. The van der Waals surface area contributed by atoms with Crippen molar-refractivity contribution in [2.24, 2.45) is 5.73 Å². The van der Waals surface area contributed by atoms with Crippen molar-refractivity contribution in [1.82, 2.24) is 9.88 Å². The van der Waals surface area contributed by atoms with Crippen LogP contribution in [0.3, 0.4) is 0 Å². The minimum absolute atomic E-state index is 0.419. The predicted octanol–water partition coefficient (Wildman–Crippen LogP) is 3.87. The van der Waals surface area contributed by atoms with Gasteiger partial charge in [0.2, 0.25) is 0 Å². The van der Waals surface area contributed by atoms with Crippen molar-refractivity contribution in [3.05, 3.63) is 41.6 Å². The lowest BCUT2D eigenvalue weighted by molar-refractivity contribution is 0.370. The molecule has 0 bridgehead atoms. The van der Waals surface area contributed by atoms with E-state index in [0.29, 0.717) is 12.0 Å². The number of H-pyrrole nitrogens is 1. The fraction of sp³-hybridized carbons (Fsp3) is 0.500. The van der Waals surface area contributed by atoms with Gasteiger partial charge in [0, 0.05) is 41.8 Å². The van der Waals surface area contributed by atoms with Crippen LogP contribution in [0.15, 0.2) is 30.5 Å². The molecule has 3 heteroatoms. The topological polar surface area (TPSA) is 45.0 Å². The van der Waals surface area contributed by atoms with Crippen molar-refractivity contribution in [1.29, 1.82) is 0 Å². The van der Waals surface area contributed by atoms with Gasteiger partial charge in [-0.25, -0.2) is 0 Å². The molecule has 0 atom stereocenters. The van der Waals surface area contributed by atoms with E-state index in [-0.39, 0.29) is 0 Å². The molecular weight excluding hydrogens is 282 g/mol. The molecule has 1 aromatic carbocycles. The number of hydrogen-bond donors (Lipinski definition) is 2. The SMILES string of the molecule is CN1CC=C(c2c[nH]c3ccc(C4CCC(N)CC4)cc23)CC1. The molecular formula is C20H27N3. The molecule has 1 aliphatic heterocycles. The van der Waals surface area contributed by atoms with E-state index in [0.717, 1.165) is 19.5 Å². The maximum Gasteiger partial charge on any atom is 0.0460 e. The number of nitrogens with two attached hydrogens (primary N) is 1. The Bertz CT molecular complexity index is 720.